The van der Waals surface area contributed by atoms with Gasteiger partial charge in [-0.15, -0.1) is 0 Å². The molecule has 0 aliphatic carbocycles. The second-order valence-electron chi connectivity index (χ2n) is 12.8. The van der Waals surface area contributed by atoms with Crippen LogP contribution in [0.5, 0.6) is 0 Å². The van der Waals surface area contributed by atoms with E-state index >= 15 is 0 Å². The van der Waals surface area contributed by atoms with Crippen molar-refractivity contribution in [2.45, 2.75) is 0 Å². The highest BCUT2D eigenvalue weighted by atomic mass is 16.3. The number of pyridine rings is 1. The summed E-state index contributed by atoms with van der Waals surface area (Å²) in [7, 11) is 0. The van der Waals surface area contributed by atoms with E-state index in [1.165, 1.54) is 38.1 Å². The lowest BCUT2D eigenvalue weighted by Crippen LogP contribution is -1.95. The maximum atomic E-state index is 6.71. The topological polar surface area (TPSA) is 56.2 Å². The van der Waals surface area contributed by atoms with E-state index in [1.54, 1.807) is 12.4 Å². The van der Waals surface area contributed by atoms with Crippen molar-refractivity contribution in [1.82, 2.24) is 19.4 Å². The monoisotopic (exact) mass is 638 g/mol. The number of benzene rings is 6. The van der Waals surface area contributed by atoms with E-state index < -0.39 is 0 Å². The third-order valence-corrected chi connectivity index (χ3v) is 10.0. The molecule has 0 N–H and O–H groups in total. The SMILES string of the molecule is c1ccc(-c2nc(-c3ccncc3)cc(-c3ccc4oc5c(-c6cc7c8ccccc8n8c9ccccc9c(c6)c78)cccc5c4c3)n2)cc1. The highest BCUT2D eigenvalue weighted by Gasteiger charge is 2.21. The van der Waals surface area contributed by atoms with Gasteiger partial charge in [-0.2, -0.15) is 0 Å². The van der Waals surface area contributed by atoms with Crippen LogP contribution in [0.25, 0.3) is 105 Å². The summed E-state index contributed by atoms with van der Waals surface area (Å²) in [4.78, 5) is 14.2. The second kappa shape index (κ2) is 10.3. The van der Waals surface area contributed by atoms with Crippen molar-refractivity contribution in [3.8, 4) is 45.0 Å². The summed E-state index contributed by atoms with van der Waals surface area (Å²) in [5.41, 5.74) is 12.3. The average Bonchev–Trinajstić information content (AvgIpc) is 3.85. The Kier molecular flexibility index (Phi) is 5.60. The van der Waals surface area contributed by atoms with Gasteiger partial charge in [0.15, 0.2) is 5.82 Å². The van der Waals surface area contributed by atoms with E-state index in [0.29, 0.717) is 5.82 Å². The number of rotatable bonds is 4. The van der Waals surface area contributed by atoms with Crippen molar-refractivity contribution in [3.05, 3.63) is 158 Å². The first kappa shape index (κ1) is 27.1. The van der Waals surface area contributed by atoms with Gasteiger partial charge in [-0.3, -0.25) is 4.98 Å². The molecule has 0 amide bonds. The molecule has 0 atom stereocenters. The van der Waals surface area contributed by atoms with Crippen molar-refractivity contribution in [2.24, 2.45) is 0 Å². The summed E-state index contributed by atoms with van der Waals surface area (Å²) in [5, 5.41) is 7.15. The van der Waals surface area contributed by atoms with E-state index in [-0.39, 0.29) is 0 Å². The van der Waals surface area contributed by atoms with E-state index in [4.69, 9.17) is 14.4 Å². The summed E-state index contributed by atoms with van der Waals surface area (Å²) in [5.74, 6) is 0.681. The average molecular weight is 639 g/mol. The molecule has 5 aromatic heterocycles. The third-order valence-electron chi connectivity index (χ3n) is 10.0. The smallest absolute Gasteiger partial charge is 0.160 e. The van der Waals surface area contributed by atoms with E-state index in [0.717, 1.165) is 61.1 Å². The van der Waals surface area contributed by atoms with Gasteiger partial charge in [0.2, 0.25) is 0 Å². The minimum atomic E-state index is 0.681. The molecule has 0 fully saturated rings. The molecule has 50 heavy (non-hydrogen) atoms. The Hall–Kier alpha value is -6.85. The number of para-hydroxylation sites is 3. The van der Waals surface area contributed by atoms with Crippen molar-refractivity contribution in [1.29, 1.82) is 0 Å². The predicted molar refractivity (Wildman–Crippen MR) is 204 cm³/mol. The van der Waals surface area contributed by atoms with Gasteiger partial charge in [-0.1, -0.05) is 84.9 Å². The third kappa shape index (κ3) is 3.92. The molecule has 11 aromatic rings. The number of furan rings is 1. The number of hydrogen-bond donors (Lipinski definition) is 0. The Morgan fingerprint density at radius 1 is 0.440 bits per heavy atom. The maximum Gasteiger partial charge on any atom is 0.160 e. The van der Waals surface area contributed by atoms with Crippen LogP contribution in [0.1, 0.15) is 0 Å². The Labute approximate surface area is 286 Å². The van der Waals surface area contributed by atoms with Gasteiger partial charge in [0.05, 0.1) is 27.9 Å². The molecule has 0 saturated carbocycles. The quantitative estimate of drug-likeness (QED) is 0.192. The van der Waals surface area contributed by atoms with Gasteiger partial charge < -0.3 is 8.82 Å². The molecular formula is C45H26N4O. The fourth-order valence-corrected chi connectivity index (χ4v) is 7.77. The van der Waals surface area contributed by atoms with E-state index in [9.17, 15) is 0 Å². The fourth-order valence-electron chi connectivity index (χ4n) is 7.77. The number of fused-ring (bicyclic) bond motifs is 9. The predicted octanol–water partition coefficient (Wildman–Crippen LogP) is 11.6. The van der Waals surface area contributed by atoms with Gasteiger partial charge in [0.1, 0.15) is 11.2 Å². The zero-order valence-electron chi connectivity index (χ0n) is 26.7. The molecular weight excluding hydrogens is 613 g/mol. The van der Waals surface area contributed by atoms with Gasteiger partial charge >= 0.3 is 0 Å². The summed E-state index contributed by atoms with van der Waals surface area (Å²) in [6, 6.07) is 51.1. The highest BCUT2D eigenvalue weighted by molar-refractivity contribution is 6.25. The largest absolute Gasteiger partial charge is 0.455 e. The summed E-state index contributed by atoms with van der Waals surface area (Å²) >= 11 is 0. The molecule has 5 heteroatoms. The van der Waals surface area contributed by atoms with E-state index in [1.807, 2.05) is 42.5 Å². The molecule has 5 heterocycles. The van der Waals surface area contributed by atoms with Crippen LogP contribution in [-0.2, 0) is 0 Å². The first-order chi connectivity index (χ1) is 24.8. The molecule has 5 nitrogen and oxygen atoms in total. The first-order valence-electron chi connectivity index (χ1n) is 16.8. The number of nitrogens with zero attached hydrogens (tertiary/aromatic N) is 4. The van der Waals surface area contributed by atoms with Gasteiger partial charge in [-0.05, 0) is 66.2 Å². The van der Waals surface area contributed by atoms with Gasteiger partial charge in [-0.25, -0.2) is 9.97 Å². The Morgan fingerprint density at radius 3 is 1.82 bits per heavy atom. The molecule has 0 bridgehead atoms. The molecule has 232 valence electrons. The van der Waals surface area contributed by atoms with Crippen molar-refractivity contribution in [2.75, 3.05) is 0 Å². The maximum absolute atomic E-state index is 6.71. The van der Waals surface area contributed by atoms with Crippen LogP contribution >= 0.6 is 0 Å². The number of aromatic nitrogens is 4. The summed E-state index contributed by atoms with van der Waals surface area (Å²) in [6.07, 6.45) is 3.59. The molecule has 0 spiro atoms. The van der Waals surface area contributed by atoms with Crippen LogP contribution in [0.15, 0.2) is 162 Å². The van der Waals surface area contributed by atoms with Crippen molar-refractivity contribution >= 4 is 60.0 Å². The lowest BCUT2D eigenvalue weighted by molar-refractivity contribution is 0.670. The van der Waals surface area contributed by atoms with Crippen LogP contribution in [0.2, 0.25) is 0 Å². The first-order valence-corrected chi connectivity index (χ1v) is 16.8. The Balaban J connectivity index is 1.12. The zero-order valence-corrected chi connectivity index (χ0v) is 26.7. The van der Waals surface area contributed by atoms with Crippen LogP contribution in [0.3, 0.4) is 0 Å². The normalized spacial score (nSPS) is 12.0. The Morgan fingerprint density at radius 2 is 1.08 bits per heavy atom. The second-order valence-corrected chi connectivity index (χ2v) is 12.8. The standard InChI is InChI=1S/C45H26N4O/c1-2-9-28(10-3-1)45-47-38(27-19-21-46-22-20-27)26-39(48-45)29-17-18-42-35(23-29)34-14-8-13-31(44(34)50-42)30-24-36-32-11-4-6-15-40(32)49-41-16-7-5-12-33(41)37(25-30)43(36)49/h1-26H. The lowest BCUT2D eigenvalue weighted by Gasteiger charge is -2.09. The molecule has 11 rings (SSSR count). The van der Waals surface area contributed by atoms with Gasteiger partial charge in [0, 0.05) is 67.0 Å². The molecule has 0 unspecified atom stereocenters. The van der Waals surface area contributed by atoms with Crippen molar-refractivity contribution in [3.63, 3.8) is 0 Å². The summed E-state index contributed by atoms with van der Waals surface area (Å²) < 4.78 is 9.12. The van der Waals surface area contributed by atoms with Crippen LogP contribution in [0.4, 0.5) is 0 Å². The van der Waals surface area contributed by atoms with Crippen LogP contribution < -0.4 is 0 Å². The van der Waals surface area contributed by atoms with Gasteiger partial charge in [0.25, 0.3) is 0 Å². The lowest BCUT2D eigenvalue weighted by atomic mass is 9.97. The minimum absolute atomic E-state index is 0.681. The van der Waals surface area contributed by atoms with E-state index in [2.05, 4.69) is 113 Å². The highest BCUT2D eigenvalue weighted by Crippen LogP contribution is 2.44. The molecule has 0 saturated heterocycles. The van der Waals surface area contributed by atoms with Crippen LogP contribution in [0, 0.1) is 0 Å². The molecule has 6 aromatic carbocycles. The minimum Gasteiger partial charge on any atom is -0.455 e. The fraction of sp³-hybridized carbons (Fsp3) is 0. The summed E-state index contributed by atoms with van der Waals surface area (Å²) in [6.45, 7) is 0. The molecule has 0 aliphatic rings. The molecule has 0 aliphatic heterocycles. The molecule has 0 radical (unpaired) electrons. The Bertz CT molecular complexity index is 2950. The zero-order chi connectivity index (χ0) is 32.8. The van der Waals surface area contributed by atoms with Crippen LogP contribution in [-0.4, -0.2) is 19.4 Å². The number of hydrogen-bond acceptors (Lipinski definition) is 4. The van der Waals surface area contributed by atoms with Crippen molar-refractivity contribution < 1.29 is 4.42 Å².